The molecular weight excluding hydrogens is 310 g/mol. The van der Waals surface area contributed by atoms with Crippen LogP contribution >= 0.6 is 11.6 Å². The number of benzene rings is 2. The molecule has 0 aliphatic rings. The number of hydrogen-bond acceptors (Lipinski definition) is 4. The van der Waals surface area contributed by atoms with Gasteiger partial charge in [0.25, 0.3) is 0 Å². The monoisotopic (exact) mass is 325 g/mol. The Morgan fingerprint density at radius 2 is 1.95 bits per heavy atom. The molecule has 0 aromatic heterocycles. The van der Waals surface area contributed by atoms with Crippen molar-refractivity contribution in [1.29, 1.82) is 0 Å². The van der Waals surface area contributed by atoms with E-state index < -0.39 is 9.84 Å². The van der Waals surface area contributed by atoms with Crippen LogP contribution < -0.4 is 10.1 Å². The molecular formula is C15H16ClNO3S. The minimum Gasteiger partial charge on any atom is -0.497 e. The van der Waals surface area contributed by atoms with Crippen LogP contribution in [-0.2, 0) is 16.4 Å². The first-order chi connectivity index (χ1) is 9.90. The average Bonchev–Trinajstić information content (AvgIpc) is 2.45. The molecule has 0 fully saturated rings. The largest absolute Gasteiger partial charge is 0.497 e. The lowest BCUT2D eigenvalue weighted by Gasteiger charge is -2.10. The Bertz CT molecular complexity index is 744. The average molecular weight is 326 g/mol. The van der Waals surface area contributed by atoms with Crippen molar-refractivity contribution in [3.63, 3.8) is 0 Å². The molecule has 2 rings (SSSR count). The maximum atomic E-state index is 11.5. The van der Waals surface area contributed by atoms with E-state index in [-0.39, 0.29) is 4.90 Å². The Balaban J connectivity index is 2.13. The van der Waals surface area contributed by atoms with Crippen molar-refractivity contribution in [2.45, 2.75) is 11.4 Å². The Morgan fingerprint density at radius 3 is 2.57 bits per heavy atom. The van der Waals surface area contributed by atoms with Crippen LogP contribution in [0.3, 0.4) is 0 Å². The summed E-state index contributed by atoms with van der Waals surface area (Å²) in [4.78, 5) is 0.285. The van der Waals surface area contributed by atoms with Gasteiger partial charge in [0, 0.05) is 23.5 Å². The van der Waals surface area contributed by atoms with Crippen LogP contribution in [0.1, 0.15) is 5.56 Å². The predicted molar refractivity (Wildman–Crippen MR) is 84.9 cm³/mol. The summed E-state index contributed by atoms with van der Waals surface area (Å²) in [5.41, 5.74) is 1.63. The van der Waals surface area contributed by atoms with Crippen LogP contribution in [0, 0.1) is 0 Å². The van der Waals surface area contributed by atoms with E-state index in [0.717, 1.165) is 11.3 Å². The fourth-order valence-corrected chi connectivity index (χ4v) is 2.74. The van der Waals surface area contributed by atoms with E-state index in [1.54, 1.807) is 31.4 Å². The van der Waals surface area contributed by atoms with Crippen molar-refractivity contribution >= 4 is 27.1 Å². The standard InChI is InChI=1S/C15H16ClNO3S/c1-20-13-7-6-11(15(16)9-13)10-17-12-4-3-5-14(8-12)21(2,18)19/h3-9,17H,10H2,1-2H3. The van der Waals surface area contributed by atoms with Gasteiger partial charge < -0.3 is 10.1 Å². The number of nitrogens with one attached hydrogen (secondary N) is 1. The van der Waals surface area contributed by atoms with E-state index in [1.807, 2.05) is 18.2 Å². The van der Waals surface area contributed by atoms with Gasteiger partial charge in [-0.25, -0.2) is 8.42 Å². The van der Waals surface area contributed by atoms with Gasteiger partial charge in [0.05, 0.1) is 12.0 Å². The maximum Gasteiger partial charge on any atom is 0.175 e. The number of ether oxygens (including phenoxy) is 1. The van der Waals surface area contributed by atoms with Gasteiger partial charge >= 0.3 is 0 Å². The highest BCUT2D eigenvalue weighted by molar-refractivity contribution is 7.90. The topological polar surface area (TPSA) is 55.4 Å². The summed E-state index contributed by atoms with van der Waals surface area (Å²) in [7, 11) is -1.62. The highest BCUT2D eigenvalue weighted by Crippen LogP contribution is 2.23. The number of methoxy groups -OCH3 is 1. The molecule has 0 aliphatic carbocycles. The van der Waals surface area contributed by atoms with Crippen LogP contribution in [0.5, 0.6) is 5.75 Å². The van der Waals surface area contributed by atoms with Crippen molar-refractivity contribution in [1.82, 2.24) is 0 Å². The zero-order valence-corrected chi connectivity index (χ0v) is 13.3. The molecule has 6 heteroatoms. The summed E-state index contributed by atoms with van der Waals surface area (Å²) in [5.74, 6) is 0.697. The summed E-state index contributed by atoms with van der Waals surface area (Å²) in [6.45, 7) is 0.496. The highest BCUT2D eigenvalue weighted by atomic mass is 35.5. The minimum absolute atomic E-state index is 0.285. The molecule has 0 saturated heterocycles. The van der Waals surface area contributed by atoms with Gasteiger partial charge in [-0.1, -0.05) is 23.7 Å². The second kappa shape index (κ2) is 6.37. The van der Waals surface area contributed by atoms with Crippen molar-refractivity contribution in [2.24, 2.45) is 0 Å². The first-order valence-electron chi connectivity index (χ1n) is 6.26. The van der Waals surface area contributed by atoms with E-state index in [2.05, 4.69) is 5.32 Å². The number of halogens is 1. The van der Waals surface area contributed by atoms with Crippen molar-refractivity contribution in [2.75, 3.05) is 18.7 Å². The fraction of sp³-hybridized carbons (Fsp3) is 0.200. The van der Waals surface area contributed by atoms with Gasteiger partial charge in [-0.2, -0.15) is 0 Å². The van der Waals surface area contributed by atoms with Gasteiger partial charge in [-0.3, -0.25) is 0 Å². The lowest BCUT2D eigenvalue weighted by molar-refractivity contribution is 0.414. The van der Waals surface area contributed by atoms with Gasteiger partial charge in [0.1, 0.15) is 5.75 Å². The Labute approximate surface area is 129 Å². The normalized spacial score (nSPS) is 11.2. The number of anilines is 1. The highest BCUT2D eigenvalue weighted by Gasteiger charge is 2.08. The summed E-state index contributed by atoms with van der Waals surface area (Å²) in [6.07, 6.45) is 1.19. The van der Waals surface area contributed by atoms with Crippen LogP contribution in [0.2, 0.25) is 5.02 Å². The third-order valence-corrected chi connectivity index (χ3v) is 4.47. The van der Waals surface area contributed by atoms with E-state index in [4.69, 9.17) is 16.3 Å². The molecule has 0 atom stereocenters. The molecule has 0 aliphatic heterocycles. The van der Waals surface area contributed by atoms with Gasteiger partial charge in [0.15, 0.2) is 9.84 Å². The van der Waals surface area contributed by atoms with Crippen LogP contribution in [0.25, 0.3) is 0 Å². The smallest absolute Gasteiger partial charge is 0.175 e. The molecule has 1 N–H and O–H groups in total. The maximum absolute atomic E-state index is 11.5. The molecule has 0 spiro atoms. The lowest BCUT2D eigenvalue weighted by atomic mass is 10.2. The molecule has 0 saturated carbocycles. The molecule has 4 nitrogen and oxygen atoms in total. The summed E-state index contributed by atoms with van der Waals surface area (Å²) < 4.78 is 28.1. The molecule has 0 radical (unpaired) electrons. The second-order valence-corrected chi connectivity index (χ2v) is 7.03. The summed E-state index contributed by atoms with van der Waals surface area (Å²) >= 11 is 6.16. The van der Waals surface area contributed by atoms with Crippen molar-refractivity contribution < 1.29 is 13.2 Å². The number of rotatable bonds is 5. The van der Waals surface area contributed by atoms with E-state index in [9.17, 15) is 8.42 Å². The van der Waals surface area contributed by atoms with Gasteiger partial charge in [-0.15, -0.1) is 0 Å². The molecule has 21 heavy (non-hydrogen) atoms. The van der Waals surface area contributed by atoms with Crippen molar-refractivity contribution in [3.8, 4) is 5.75 Å². The molecule has 0 heterocycles. The Hall–Kier alpha value is -1.72. The minimum atomic E-state index is -3.21. The Morgan fingerprint density at radius 1 is 1.19 bits per heavy atom. The third-order valence-electron chi connectivity index (χ3n) is 3.01. The fourth-order valence-electron chi connectivity index (χ4n) is 1.83. The molecule has 112 valence electrons. The first-order valence-corrected chi connectivity index (χ1v) is 8.53. The van der Waals surface area contributed by atoms with Gasteiger partial charge in [-0.05, 0) is 35.9 Å². The predicted octanol–water partition coefficient (Wildman–Crippen LogP) is 3.36. The van der Waals surface area contributed by atoms with Crippen LogP contribution in [-0.4, -0.2) is 21.8 Å². The molecule has 0 amide bonds. The summed E-state index contributed by atoms with van der Waals surface area (Å²) in [6, 6.07) is 12.1. The third kappa shape index (κ3) is 4.12. The molecule has 2 aromatic carbocycles. The zero-order chi connectivity index (χ0) is 15.5. The first kappa shape index (κ1) is 15.7. The number of sulfone groups is 1. The van der Waals surface area contributed by atoms with Crippen LogP contribution in [0.15, 0.2) is 47.4 Å². The lowest BCUT2D eigenvalue weighted by Crippen LogP contribution is -2.02. The van der Waals surface area contributed by atoms with Crippen molar-refractivity contribution in [3.05, 3.63) is 53.1 Å². The molecule has 0 unspecified atom stereocenters. The van der Waals surface area contributed by atoms with E-state index >= 15 is 0 Å². The van der Waals surface area contributed by atoms with Gasteiger partial charge in [0.2, 0.25) is 0 Å². The number of hydrogen-bond donors (Lipinski definition) is 1. The molecule has 0 bridgehead atoms. The SMILES string of the molecule is COc1ccc(CNc2cccc(S(C)(=O)=O)c2)c(Cl)c1. The van der Waals surface area contributed by atoms with E-state index in [1.165, 1.54) is 6.26 Å². The quantitative estimate of drug-likeness (QED) is 0.915. The summed E-state index contributed by atoms with van der Waals surface area (Å²) in [5, 5.41) is 3.76. The Kier molecular flexibility index (Phi) is 4.75. The zero-order valence-electron chi connectivity index (χ0n) is 11.8. The molecule has 2 aromatic rings. The van der Waals surface area contributed by atoms with E-state index in [0.29, 0.717) is 17.3 Å². The van der Waals surface area contributed by atoms with Crippen LogP contribution in [0.4, 0.5) is 5.69 Å². The second-order valence-electron chi connectivity index (χ2n) is 4.61.